The SMILES string of the molecule is OCC1CNC[C@H]2CNCC[C@@H]12. The number of hydrogen-bond donors (Lipinski definition) is 3. The van der Waals surface area contributed by atoms with Gasteiger partial charge in [-0.05, 0) is 43.8 Å². The minimum atomic E-state index is 0.355. The fraction of sp³-hybridized carbons (Fsp3) is 1.00. The van der Waals surface area contributed by atoms with Crippen LogP contribution in [0.2, 0.25) is 0 Å². The lowest BCUT2D eigenvalue weighted by atomic mass is 9.75. The van der Waals surface area contributed by atoms with Gasteiger partial charge in [-0.15, -0.1) is 0 Å². The summed E-state index contributed by atoms with van der Waals surface area (Å²) in [6, 6.07) is 0. The van der Waals surface area contributed by atoms with E-state index in [1.807, 2.05) is 0 Å². The predicted octanol–water partition coefficient (Wildman–Crippen LogP) is -0.576. The lowest BCUT2D eigenvalue weighted by Crippen LogP contribution is -2.52. The van der Waals surface area contributed by atoms with Crippen LogP contribution in [0, 0.1) is 17.8 Å². The molecule has 2 heterocycles. The second-order valence-corrected chi connectivity index (χ2v) is 4.02. The normalized spacial score (nSPS) is 42.2. The van der Waals surface area contributed by atoms with E-state index in [2.05, 4.69) is 10.6 Å². The van der Waals surface area contributed by atoms with Gasteiger partial charge in [-0.2, -0.15) is 0 Å². The summed E-state index contributed by atoms with van der Waals surface area (Å²) < 4.78 is 0. The second-order valence-electron chi connectivity index (χ2n) is 4.02. The van der Waals surface area contributed by atoms with Crippen LogP contribution in [0.1, 0.15) is 6.42 Å². The van der Waals surface area contributed by atoms with Gasteiger partial charge in [-0.25, -0.2) is 0 Å². The van der Waals surface area contributed by atoms with Crippen molar-refractivity contribution < 1.29 is 5.11 Å². The highest BCUT2D eigenvalue weighted by molar-refractivity contribution is 4.88. The van der Waals surface area contributed by atoms with Gasteiger partial charge < -0.3 is 15.7 Å². The molecule has 1 unspecified atom stereocenters. The van der Waals surface area contributed by atoms with E-state index in [1.54, 1.807) is 0 Å². The van der Waals surface area contributed by atoms with E-state index >= 15 is 0 Å². The molecule has 70 valence electrons. The molecule has 0 aromatic rings. The summed E-state index contributed by atoms with van der Waals surface area (Å²) in [7, 11) is 0. The second kappa shape index (κ2) is 3.73. The smallest absolute Gasteiger partial charge is 0.0474 e. The number of piperidine rings is 2. The molecule has 3 heteroatoms. The van der Waals surface area contributed by atoms with Crippen molar-refractivity contribution in [3.63, 3.8) is 0 Å². The highest BCUT2D eigenvalue weighted by Crippen LogP contribution is 2.29. The Hall–Kier alpha value is -0.120. The maximum Gasteiger partial charge on any atom is 0.0474 e. The molecule has 3 N–H and O–H groups in total. The molecule has 0 spiro atoms. The van der Waals surface area contributed by atoms with Gasteiger partial charge in [-0.3, -0.25) is 0 Å². The topological polar surface area (TPSA) is 44.3 Å². The van der Waals surface area contributed by atoms with E-state index in [0.717, 1.165) is 38.0 Å². The third-order valence-corrected chi connectivity index (χ3v) is 3.32. The summed E-state index contributed by atoms with van der Waals surface area (Å²) in [6.07, 6.45) is 1.25. The van der Waals surface area contributed by atoms with Crippen molar-refractivity contribution in [2.45, 2.75) is 6.42 Å². The highest BCUT2D eigenvalue weighted by atomic mass is 16.3. The van der Waals surface area contributed by atoms with Crippen molar-refractivity contribution in [1.29, 1.82) is 0 Å². The van der Waals surface area contributed by atoms with Crippen LogP contribution in [0.25, 0.3) is 0 Å². The molecule has 0 aliphatic carbocycles. The largest absolute Gasteiger partial charge is 0.396 e. The highest BCUT2D eigenvalue weighted by Gasteiger charge is 2.33. The molecule has 3 nitrogen and oxygen atoms in total. The number of aliphatic hydroxyl groups excluding tert-OH is 1. The van der Waals surface area contributed by atoms with Crippen LogP contribution in [-0.4, -0.2) is 37.9 Å². The number of fused-ring (bicyclic) bond motifs is 1. The zero-order valence-electron chi connectivity index (χ0n) is 7.42. The van der Waals surface area contributed by atoms with Crippen molar-refractivity contribution in [1.82, 2.24) is 10.6 Å². The Morgan fingerprint density at radius 1 is 1.17 bits per heavy atom. The lowest BCUT2D eigenvalue weighted by molar-refractivity contribution is 0.0806. The van der Waals surface area contributed by atoms with E-state index in [9.17, 15) is 0 Å². The van der Waals surface area contributed by atoms with Crippen LogP contribution in [0.15, 0.2) is 0 Å². The maximum atomic E-state index is 9.17. The molecule has 0 saturated carbocycles. The first-order valence-electron chi connectivity index (χ1n) is 4.94. The van der Waals surface area contributed by atoms with Gasteiger partial charge in [0.2, 0.25) is 0 Å². The first-order chi connectivity index (χ1) is 5.92. The molecule has 3 atom stereocenters. The summed E-state index contributed by atoms with van der Waals surface area (Å²) in [5.41, 5.74) is 0. The standard InChI is InChI=1S/C9H18N2O/c12-6-8-5-11-4-7-3-10-2-1-9(7)8/h7-12H,1-6H2/t7-,8?,9-/m1/s1. The molecule has 0 amide bonds. The molecule has 0 aromatic heterocycles. The molecule has 2 saturated heterocycles. The number of nitrogens with one attached hydrogen (secondary N) is 2. The summed E-state index contributed by atoms with van der Waals surface area (Å²) in [6.45, 7) is 4.77. The first kappa shape index (κ1) is 8.48. The monoisotopic (exact) mass is 170 g/mol. The quantitative estimate of drug-likeness (QED) is 0.493. The Labute approximate surface area is 73.5 Å². The van der Waals surface area contributed by atoms with Crippen LogP contribution in [-0.2, 0) is 0 Å². The Bertz CT molecular complexity index is 143. The minimum Gasteiger partial charge on any atom is -0.396 e. The van der Waals surface area contributed by atoms with Gasteiger partial charge in [-0.1, -0.05) is 0 Å². The molecular weight excluding hydrogens is 152 g/mol. The van der Waals surface area contributed by atoms with Crippen molar-refractivity contribution in [2.75, 3.05) is 32.8 Å². The summed E-state index contributed by atoms with van der Waals surface area (Å²) in [5, 5.41) is 16.0. The van der Waals surface area contributed by atoms with Crippen molar-refractivity contribution in [3.8, 4) is 0 Å². The lowest BCUT2D eigenvalue weighted by Gasteiger charge is -2.41. The average Bonchev–Trinajstić information content (AvgIpc) is 2.17. The summed E-state index contributed by atoms with van der Waals surface area (Å²) in [5.74, 6) is 2.02. The molecule has 2 aliphatic rings. The third-order valence-electron chi connectivity index (χ3n) is 3.32. The van der Waals surface area contributed by atoms with E-state index in [-0.39, 0.29) is 0 Å². The van der Waals surface area contributed by atoms with Crippen LogP contribution in [0.3, 0.4) is 0 Å². The molecule has 2 rings (SSSR count). The minimum absolute atomic E-state index is 0.355. The van der Waals surface area contributed by atoms with Gasteiger partial charge in [0, 0.05) is 13.2 Å². The van der Waals surface area contributed by atoms with Gasteiger partial charge in [0.1, 0.15) is 0 Å². The van der Waals surface area contributed by atoms with Crippen LogP contribution in [0.4, 0.5) is 0 Å². The molecule has 0 aromatic carbocycles. The Morgan fingerprint density at radius 2 is 2.00 bits per heavy atom. The van der Waals surface area contributed by atoms with Gasteiger partial charge in [0.05, 0.1) is 0 Å². The predicted molar refractivity (Wildman–Crippen MR) is 47.9 cm³/mol. The zero-order chi connectivity index (χ0) is 8.39. The molecule has 2 fully saturated rings. The van der Waals surface area contributed by atoms with Crippen molar-refractivity contribution in [3.05, 3.63) is 0 Å². The fourth-order valence-electron chi connectivity index (χ4n) is 2.59. The average molecular weight is 170 g/mol. The summed E-state index contributed by atoms with van der Waals surface area (Å²) >= 11 is 0. The van der Waals surface area contributed by atoms with Crippen LogP contribution < -0.4 is 10.6 Å². The first-order valence-corrected chi connectivity index (χ1v) is 4.94. The molecule has 2 aliphatic heterocycles. The molecular formula is C9H18N2O. The van der Waals surface area contributed by atoms with E-state index in [4.69, 9.17) is 5.11 Å². The van der Waals surface area contributed by atoms with Crippen LogP contribution >= 0.6 is 0 Å². The zero-order valence-corrected chi connectivity index (χ0v) is 7.42. The maximum absolute atomic E-state index is 9.17. The third kappa shape index (κ3) is 1.49. The number of aliphatic hydroxyl groups is 1. The van der Waals surface area contributed by atoms with E-state index in [0.29, 0.717) is 12.5 Å². The van der Waals surface area contributed by atoms with Crippen molar-refractivity contribution in [2.24, 2.45) is 17.8 Å². The van der Waals surface area contributed by atoms with Crippen LogP contribution in [0.5, 0.6) is 0 Å². The van der Waals surface area contributed by atoms with Gasteiger partial charge in [0.25, 0.3) is 0 Å². The Kier molecular flexibility index (Phi) is 2.63. The van der Waals surface area contributed by atoms with E-state index < -0.39 is 0 Å². The molecule has 0 bridgehead atoms. The number of hydrogen-bond acceptors (Lipinski definition) is 3. The van der Waals surface area contributed by atoms with Crippen molar-refractivity contribution >= 4 is 0 Å². The van der Waals surface area contributed by atoms with Gasteiger partial charge >= 0.3 is 0 Å². The summed E-state index contributed by atoms with van der Waals surface area (Å²) in [4.78, 5) is 0. The molecule has 12 heavy (non-hydrogen) atoms. The Morgan fingerprint density at radius 3 is 2.83 bits per heavy atom. The van der Waals surface area contributed by atoms with E-state index in [1.165, 1.54) is 6.42 Å². The molecule has 0 radical (unpaired) electrons. The van der Waals surface area contributed by atoms with Gasteiger partial charge in [0.15, 0.2) is 0 Å². The number of rotatable bonds is 1. The fourth-order valence-corrected chi connectivity index (χ4v) is 2.59. The Balaban J connectivity index is 1.99.